The zero-order valence-corrected chi connectivity index (χ0v) is 12.6. The molecule has 1 atom stereocenters. The molecule has 1 aromatic carbocycles. The van der Waals surface area contributed by atoms with Crippen LogP contribution in [0.5, 0.6) is 0 Å². The molecule has 112 valence electrons. The molecule has 0 heterocycles. The molecule has 0 spiro atoms. The maximum Gasteiger partial charge on any atom is 0.227 e. The SMILES string of the molecule is CC(C)c1ccc(C(C)C(=O)NCCOCCO)cc1. The Morgan fingerprint density at radius 2 is 1.75 bits per heavy atom. The van der Waals surface area contributed by atoms with Crippen LogP contribution >= 0.6 is 0 Å². The fraction of sp³-hybridized carbons (Fsp3) is 0.562. The lowest BCUT2D eigenvalue weighted by atomic mass is 9.96. The Balaban J connectivity index is 2.43. The molecule has 1 amide bonds. The molecule has 0 radical (unpaired) electrons. The van der Waals surface area contributed by atoms with E-state index in [4.69, 9.17) is 9.84 Å². The molecule has 0 aliphatic carbocycles. The minimum Gasteiger partial charge on any atom is -0.394 e. The van der Waals surface area contributed by atoms with Crippen LogP contribution in [0.1, 0.15) is 43.7 Å². The van der Waals surface area contributed by atoms with Crippen molar-refractivity contribution in [1.82, 2.24) is 5.32 Å². The summed E-state index contributed by atoms with van der Waals surface area (Å²) in [6.07, 6.45) is 0. The Morgan fingerprint density at radius 1 is 1.15 bits per heavy atom. The summed E-state index contributed by atoms with van der Waals surface area (Å²) < 4.78 is 5.10. The van der Waals surface area contributed by atoms with Crippen LogP contribution in [0, 0.1) is 0 Å². The highest BCUT2D eigenvalue weighted by Gasteiger charge is 2.14. The van der Waals surface area contributed by atoms with Gasteiger partial charge in [-0.05, 0) is 24.0 Å². The molecular weight excluding hydrogens is 254 g/mol. The van der Waals surface area contributed by atoms with E-state index >= 15 is 0 Å². The average Bonchev–Trinajstić information content (AvgIpc) is 2.46. The first-order valence-electron chi connectivity index (χ1n) is 7.12. The fourth-order valence-electron chi connectivity index (χ4n) is 1.89. The highest BCUT2D eigenvalue weighted by Crippen LogP contribution is 2.19. The highest BCUT2D eigenvalue weighted by molar-refractivity contribution is 5.83. The van der Waals surface area contributed by atoms with Gasteiger partial charge in [0.05, 0.1) is 25.7 Å². The van der Waals surface area contributed by atoms with Crippen molar-refractivity contribution in [2.75, 3.05) is 26.4 Å². The molecule has 4 nitrogen and oxygen atoms in total. The average molecular weight is 279 g/mol. The zero-order valence-electron chi connectivity index (χ0n) is 12.6. The molecule has 0 fully saturated rings. The standard InChI is InChI=1S/C16H25NO3/c1-12(2)14-4-6-15(7-5-14)13(3)16(19)17-8-10-20-11-9-18/h4-7,12-13,18H,8-11H2,1-3H3,(H,17,19). The topological polar surface area (TPSA) is 58.6 Å². The second-order valence-electron chi connectivity index (χ2n) is 5.17. The molecule has 0 bridgehead atoms. The number of amides is 1. The van der Waals surface area contributed by atoms with Gasteiger partial charge in [-0.3, -0.25) is 4.79 Å². The normalized spacial score (nSPS) is 12.4. The highest BCUT2D eigenvalue weighted by atomic mass is 16.5. The summed E-state index contributed by atoms with van der Waals surface area (Å²) in [6, 6.07) is 8.19. The van der Waals surface area contributed by atoms with Gasteiger partial charge in [0.2, 0.25) is 5.91 Å². The van der Waals surface area contributed by atoms with Crippen molar-refractivity contribution in [3.05, 3.63) is 35.4 Å². The van der Waals surface area contributed by atoms with Gasteiger partial charge in [-0.1, -0.05) is 38.1 Å². The minimum atomic E-state index is -0.172. The van der Waals surface area contributed by atoms with E-state index < -0.39 is 0 Å². The van der Waals surface area contributed by atoms with Crippen LogP contribution in [-0.2, 0) is 9.53 Å². The van der Waals surface area contributed by atoms with E-state index in [1.165, 1.54) is 5.56 Å². The van der Waals surface area contributed by atoms with Crippen LogP contribution in [0.2, 0.25) is 0 Å². The van der Waals surface area contributed by atoms with Crippen LogP contribution in [0.25, 0.3) is 0 Å². The van der Waals surface area contributed by atoms with Crippen molar-refractivity contribution in [1.29, 1.82) is 0 Å². The molecule has 0 aliphatic heterocycles. The van der Waals surface area contributed by atoms with Gasteiger partial charge in [-0.15, -0.1) is 0 Å². The van der Waals surface area contributed by atoms with E-state index in [1.807, 2.05) is 19.1 Å². The number of carbonyl (C=O) groups is 1. The summed E-state index contributed by atoms with van der Waals surface area (Å²) in [7, 11) is 0. The van der Waals surface area contributed by atoms with Crippen LogP contribution in [-0.4, -0.2) is 37.4 Å². The number of nitrogens with one attached hydrogen (secondary N) is 1. The number of aliphatic hydroxyl groups excluding tert-OH is 1. The monoisotopic (exact) mass is 279 g/mol. The second kappa shape index (κ2) is 8.72. The number of carbonyl (C=O) groups excluding carboxylic acids is 1. The predicted molar refractivity (Wildman–Crippen MR) is 79.9 cm³/mol. The molecule has 0 aromatic heterocycles. The Hall–Kier alpha value is -1.39. The zero-order chi connectivity index (χ0) is 15.0. The summed E-state index contributed by atoms with van der Waals surface area (Å²) in [5, 5.41) is 11.4. The summed E-state index contributed by atoms with van der Waals surface area (Å²) in [5.41, 5.74) is 2.29. The molecule has 20 heavy (non-hydrogen) atoms. The van der Waals surface area contributed by atoms with Gasteiger partial charge in [-0.2, -0.15) is 0 Å². The van der Waals surface area contributed by atoms with E-state index in [9.17, 15) is 4.79 Å². The lowest BCUT2D eigenvalue weighted by Gasteiger charge is -2.14. The first kappa shape index (κ1) is 16.7. The van der Waals surface area contributed by atoms with Crippen LogP contribution < -0.4 is 5.32 Å². The third-order valence-corrected chi connectivity index (χ3v) is 3.28. The third-order valence-electron chi connectivity index (χ3n) is 3.28. The molecule has 4 heteroatoms. The maximum atomic E-state index is 12.0. The first-order valence-corrected chi connectivity index (χ1v) is 7.12. The number of hydrogen-bond donors (Lipinski definition) is 2. The van der Waals surface area contributed by atoms with Crippen molar-refractivity contribution in [3.63, 3.8) is 0 Å². The van der Waals surface area contributed by atoms with Crippen molar-refractivity contribution < 1.29 is 14.6 Å². The van der Waals surface area contributed by atoms with Gasteiger partial charge >= 0.3 is 0 Å². The van der Waals surface area contributed by atoms with Gasteiger partial charge in [0.1, 0.15) is 0 Å². The van der Waals surface area contributed by atoms with Crippen molar-refractivity contribution in [3.8, 4) is 0 Å². The van der Waals surface area contributed by atoms with Gasteiger partial charge in [0, 0.05) is 6.54 Å². The predicted octanol–water partition coefficient (Wildman–Crippen LogP) is 2.04. The Labute approximate surface area is 121 Å². The molecule has 0 saturated heterocycles. The van der Waals surface area contributed by atoms with Crippen LogP contribution in [0.15, 0.2) is 24.3 Å². The van der Waals surface area contributed by atoms with E-state index in [1.54, 1.807) is 0 Å². The Bertz CT molecular complexity index is 401. The lowest BCUT2D eigenvalue weighted by molar-refractivity contribution is -0.122. The van der Waals surface area contributed by atoms with E-state index in [0.29, 0.717) is 25.7 Å². The van der Waals surface area contributed by atoms with Crippen molar-refractivity contribution >= 4 is 5.91 Å². The Morgan fingerprint density at radius 3 is 2.30 bits per heavy atom. The molecule has 1 unspecified atom stereocenters. The van der Waals surface area contributed by atoms with Gasteiger partial charge in [-0.25, -0.2) is 0 Å². The molecule has 1 rings (SSSR count). The molecule has 0 aliphatic rings. The first-order chi connectivity index (χ1) is 9.56. The number of ether oxygens (including phenoxy) is 1. The third kappa shape index (κ3) is 5.31. The largest absolute Gasteiger partial charge is 0.394 e. The number of hydrogen-bond acceptors (Lipinski definition) is 3. The smallest absolute Gasteiger partial charge is 0.227 e. The summed E-state index contributed by atoms with van der Waals surface area (Å²) >= 11 is 0. The van der Waals surface area contributed by atoms with E-state index in [2.05, 4.69) is 31.3 Å². The van der Waals surface area contributed by atoms with E-state index in [-0.39, 0.29) is 18.4 Å². The minimum absolute atomic E-state index is 0.00473. The van der Waals surface area contributed by atoms with Gasteiger partial charge < -0.3 is 15.2 Å². The molecule has 2 N–H and O–H groups in total. The maximum absolute atomic E-state index is 12.0. The quantitative estimate of drug-likeness (QED) is 0.716. The summed E-state index contributed by atoms with van der Waals surface area (Å²) in [5.74, 6) is 0.320. The summed E-state index contributed by atoms with van der Waals surface area (Å²) in [4.78, 5) is 12.0. The fourth-order valence-corrected chi connectivity index (χ4v) is 1.89. The van der Waals surface area contributed by atoms with Crippen molar-refractivity contribution in [2.45, 2.75) is 32.6 Å². The van der Waals surface area contributed by atoms with Crippen LogP contribution in [0.3, 0.4) is 0 Å². The Kier molecular flexibility index (Phi) is 7.26. The number of aliphatic hydroxyl groups is 1. The second-order valence-corrected chi connectivity index (χ2v) is 5.17. The summed E-state index contributed by atoms with van der Waals surface area (Å²) in [6.45, 7) is 7.40. The van der Waals surface area contributed by atoms with Crippen LogP contribution in [0.4, 0.5) is 0 Å². The van der Waals surface area contributed by atoms with Gasteiger partial charge in [0.25, 0.3) is 0 Å². The number of rotatable bonds is 8. The lowest BCUT2D eigenvalue weighted by Crippen LogP contribution is -2.31. The van der Waals surface area contributed by atoms with Gasteiger partial charge in [0.15, 0.2) is 0 Å². The number of benzene rings is 1. The molecule has 1 aromatic rings. The van der Waals surface area contributed by atoms with Crippen molar-refractivity contribution in [2.24, 2.45) is 0 Å². The van der Waals surface area contributed by atoms with E-state index in [0.717, 1.165) is 5.56 Å². The molecule has 0 saturated carbocycles. The molecular formula is C16H25NO3.